The summed E-state index contributed by atoms with van der Waals surface area (Å²) in [5.41, 5.74) is 0. The van der Waals surface area contributed by atoms with Crippen molar-refractivity contribution in [3.05, 3.63) is 24.2 Å². The zero-order valence-corrected chi connectivity index (χ0v) is 14.3. The molecule has 0 amide bonds. The fraction of sp³-hybridized carbons (Fsp3) is 0.722. The van der Waals surface area contributed by atoms with Gasteiger partial charge in [0.2, 0.25) is 0 Å². The van der Waals surface area contributed by atoms with Gasteiger partial charge in [-0.3, -0.25) is 4.99 Å². The molecule has 0 saturated heterocycles. The molecule has 130 valence electrons. The number of guanidine groups is 1. The minimum atomic E-state index is -0.692. The van der Waals surface area contributed by atoms with Crippen LogP contribution in [0.3, 0.4) is 0 Å². The van der Waals surface area contributed by atoms with Crippen LogP contribution >= 0.6 is 0 Å². The number of hydrogen-bond donors (Lipinski definition) is 3. The molecule has 1 fully saturated rings. The van der Waals surface area contributed by atoms with E-state index in [1.807, 2.05) is 6.92 Å². The van der Waals surface area contributed by atoms with E-state index in [1.165, 1.54) is 44.9 Å². The molecule has 0 bridgehead atoms. The highest BCUT2D eigenvalue weighted by atomic mass is 16.4. The van der Waals surface area contributed by atoms with Crippen LogP contribution in [-0.4, -0.2) is 30.7 Å². The van der Waals surface area contributed by atoms with Crippen molar-refractivity contribution in [1.29, 1.82) is 0 Å². The second-order valence-corrected chi connectivity index (χ2v) is 6.32. The number of furan rings is 1. The molecular weight excluding hydrogens is 290 g/mol. The molecule has 0 aromatic carbocycles. The van der Waals surface area contributed by atoms with Crippen molar-refractivity contribution in [3.8, 4) is 0 Å². The first kappa shape index (κ1) is 17.9. The second-order valence-electron chi connectivity index (χ2n) is 6.32. The topological polar surface area (TPSA) is 69.8 Å². The van der Waals surface area contributed by atoms with E-state index in [0.717, 1.165) is 25.0 Å². The van der Waals surface area contributed by atoms with Gasteiger partial charge in [0.25, 0.3) is 0 Å². The monoisotopic (exact) mass is 321 g/mol. The maximum atomic E-state index is 10.0. The lowest BCUT2D eigenvalue weighted by atomic mass is 9.86. The first-order valence-electron chi connectivity index (χ1n) is 9.03. The van der Waals surface area contributed by atoms with Gasteiger partial charge in [-0.05, 0) is 37.8 Å². The van der Waals surface area contributed by atoms with Gasteiger partial charge in [0.1, 0.15) is 11.9 Å². The van der Waals surface area contributed by atoms with Crippen molar-refractivity contribution >= 4 is 5.96 Å². The molecule has 1 unspecified atom stereocenters. The predicted molar refractivity (Wildman–Crippen MR) is 93.5 cm³/mol. The number of nitrogens with zero attached hydrogens (tertiary/aromatic N) is 1. The average molecular weight is 321 g/mol. The molecule has 1 aliphatic carbocycles. The normalized spacial score (nSPS) is 17.9. The Kier molecular flexibility index (Phi) is 8.01. The van der Waals surface area contributed by atoms with Crippen LogP contribution in [0.5, 0.6) is 0 Å². The number of hydrogen-bond acceptors (Lipinski definition) is 3. The fourth-order valence-electron chi connectivity index (χ4n) is 3.16. The van der Waals surface area contributed by atoms with Crippen molar-refractivity contribution in [2.24, 2.45) is 10.9 Å². The van der Waals surface area contributed by atoms with E-state index < -0.39 is 6.10 Å². The largest absolute Gasteiger partial charge is 0.467 e. The van der Waals surface area contributed by atoms with Crippen molar-refractivity contribution < 1.29 is 9.52 Å². The summed E-state index contributed by atoms with van der Waals surface area (Å²) in [4.78, 5) is 4.44. The summed E-state index contributed by atoms with van der Waals surface area (Å²) in [5.74, 6) is 2.24. The molecule has 1 atom stereocenters. The summed E-state index contributed by atoms with van der Waals surface area (Å²) < 4.78 is 5.19. The van der Waals surface area contributed by atoms with Crippen molar-refractivity contribution in [1.82, 2.24) is 10.6 Å². The molecule has 3 N–H and O–H groups in total. The van der Waals surface area contributed by atoms with E-state index in [4.69, 9.17) is 4.42 Å². The van der Waals surface area contributed by atoms with Crippen molar-refractivity contribution in [3.63, 3.8) is 0 Å². The standard InChI is InChI=1S/C18H31N3O2/c1-2-19-18(21-14-16(22)17-11-7-13-23-17)20-12-6-10-15-8-4-3-5-9-15/h7,11,13,15-16,22H,2-6,8-10,12,14H2,1H3,(H2,19,20,21). The van der Waals surface area contributed by atoms with Crippen LogP contribution in [0.15, 0.2) is 27.8 Å². The van der Waals surface area contributed by atoms with Crippen molar-refractivity contribution in [2.75, 3.05) is 19.6 Å². The molecule has 1 saturated carbocycles. The summed E-state index contributed by atoms with van der Waals surface area (Å²) in [7, 11) is 0. The Morgan fingerprint density at radius 1 is 1.35 bits per heavy atom. The summed E-state index contributed by atoms with van der Waals surface area (Å²) in [6.07, 6.45) is 10.4. The Morgan fingerprint density at radius 3 is 2.87 bits per heavy atom. The molecule has 0 aliphatic heterocycles. The Balaban J connectivity index is 1.68. The number of nitrogens with one attached hydrogen (secondary N) is 2. The van der Waals surface area contributed by atoms with Crippen LogP contribution in [0.4, 0.5) is 0 Å². The maximum Gasteiger partial charge on any atom is 0.191 e. The SMILES string of the molecule is CCNC(=NCC(O)c1ccco1)NCCCC1CCCCC1. The first-order valence-corrected chi connectivity index (χ1v) is 9.03. The van der Waals surface area contributed by atoms with Crippen LogP contribution < -0.4 is 10.6 Å². The molecule has 0 spiro atoms. The van der Waals surface area contributed by atoms with E-state index in [0.29, 0.717) is 12.3 Å². The van der Waals surface area contributed by atoms with Crippen LogP contribution in [0.2, 0.25) is 0 Å². The molecule has 2 rings (SSSR count). The maximum absolute atomic E-state index is 10.0. The third-order valence-corrected chi connectivity index (χ3v) is 4.44. The van der Waals surface area contributed by atoms with Gasteiger partial charge >= 0.3 is 0 Å². The number of aliphatic hydroxyl groups excluding tert-OH is 1. The molecule has 1 aromatic heterocycles. The highest BCUT2D eigenvalue weighted by Crippen LogP contribution is 2.26. The predicted octanol–water partition coefficient (Wildman–Crippen LogP) is 3.23. The lowest BCUT2D eigenvalue weighted by molar-refractivity contribution is 0.158. The third kappa shape index (κ3) is 6.65. The highest BCUT2D eigenvalue weighted by molar-refractivity contribution is 5.79. The minimum Gasteiger partial charge on any atom is -0.467 e. The Labute approximate surface area is 139 Å². The van der Waals surface area contributed by atoms with Gasteiger partial charge in [-0.15, -0.1) is 0 Å². The molecule has 1 aliphatic rings. The van der Waals surface area contributed by atoms with E-state index in [9.17, 15) is 5.11 Å². The van der Waals surface area contributed by atoms with Crippen LogP contribution in [0, 0.1) is 5.92 Å². The number of rotatable bonds is 8. The van der Waals surface area contributed by atoms with Gasteiger partial charge in [-0.1, -0.05) is 32.1 Å². The molecule has 5 heteroatoms. The first-order chi connectivity index (χ1) is 11.3. The number of aliphatic hydroxyl groups is 1. The highest BCUT2D eigenvalue weighted by Gasteiger charge is 2.13. The van der Waals surface area contributed by atoms with Gasteiger partial charge < -0.3 is 20.2 Å². The Bertz CT molecular complexity index is 439. The van der Waals surface area contributed by atoms with Crippen LogP contribution in [0.25, 0.3) is 0 Å². The summed E-state index contributed by atoms with van der Waals surface area (Å²) in [6.45, 7) is 4.08. The van der Waals surface area contributed by atoms with E-state index in [-0.39, 0.29) is 0 Å². The smallest absolute Gasteiger partial charge is 0.191 e. The van der Waals surface area contributed by atoms with Gasteiger partial charge in [0, 0.05) is 13.1 Å². The lowest BCUT2D eigenvalue weighted by Gasteiger charge is -2.21. The Morgan fingerprint density at radius 2 is 2.17 bits per heavy atom. The molecule has 1 aromatic rings. The van der Waals surface area contributed by atoms with E-state index >= 15 is 0 Å². The van der Waals surface area contributed by atoms with Gasteiger partial charge in [0.15, 0.2) is 5.96 Å². The molecule has 5 nitrogen and oxygen atoms in total. The van der Waals surface area contributed by atoms with Gasteiger partial charge in [-0.25, -0.2) is 0 Å². The van der Waals surface area contributed by atoms with E-state index in [2.05, 4.69) is 15.6 Å². The van der Waals surface area contributed by atoms with Crippen molar-refractivity contribution in [2.45, 2.75) is 58.0 Å². The fourth-order valence-corrected chi connectivity index (χ4v) is 3.16. The van der Waals surface area contributed by atoms with Crippen LogP contribution in [-0.2, 0) is 0 Å². The summed E-state index contributed by atoms with van der Waals surface area (Å²) in [5, 5.41) is 16.6. The number of aliphatic imine (C=N–C) groups is 1. The second kappa shape index (κ2) is 10.3. The molecule has 0 radical (unpaired) electrons. The summed E-state index contributed by atoms with van der Waals surface area (Å²) in [6, 6.07) is 3.54. The molecule has 23 heavy (non-hydrogen) atoms. The molecular formula is C18H31N3O2. The van der Waals surface area contributed by atoms with E-state index in [1.54, 1.807) is 18.4 Å². The minimum absolute atomic E-state index is 0.297. The van der Waals surface area contributed by atoms with Crippen LogP contribution in [0.1, 0.15) is 63.7 Å². The average Bonchev–Trinajstić information content (AvgIpc) is 3.11. The molecule has 1 heterocycles. The third-order valence-electron chi connectivity index (χ3n) is 4.44. The Hall–Kier alpha value is -1.49. The van der Waals surface area contributed by atoms with Gasteiger partial charge in [0.05, 0.1) is 12.8 Å². The lowest BCUT2D eigenvalue weighted by Crippen LogP contribution is -2.38. The quantitative estimate of drug-likeness (QED) is 0.390. The zero-order valence-electron chi connectivity index (χ0n) is 14.3. The zero-order chi connectivity index (χ0) is 16.3. The summed E-state index contributed by atoms with van der Waals surface area (Å²) >= 11 is 0. The van der Waals surface area contributed by atoms with Gasteiger partial charge in [-0.2, -0.15) is 0 Å².